The van der Waals surface area contributed by atoms with Crippen LogP contribution in [0.25, 0.3) is 22.3 Å². The van der Waals surface area contributed by atoms with Crippen LogP contribution in [0.4, 0.5) is 0 Å². The SMILES string of the molecule is Cc1ccc2c(=O)c(OC(=O)c3ccccc3)c(-c3ccccc3)oc2c1. The second kappa shape index (κ2) is 6.92. The summed E-state index contributed by atoms with van der Waals surface area (Å²) >= 11 is 0. The number of aryl methyl sites for hydroxylation is 1. The molecule has 0 unspecified atom stereocenters. The van der Waals surface area contributed by atoms with Gasteiger partial charge in [0.05, 0.1) is 10.9 Å². The Morgan fingerprint density at radius 2 is 1.56 bits per heavy atom. The van der Waals surface area contributed by atoms with Crippen molar-refractivity contribution in [1.82, 2.24) is 0 Å². The fraction of sp³-hybridized carbons (Fsp3) is 0.0435. The average Bonchev–Trinajstić information content (AvgIpc) is 2.71. The maximum Gasteiger partial charge on any atom is 0.343 e. The van der Waals surface area contributed by atoms with Gasteiger partial charge in [0.15, 0.2) is 5.76 Å². The molecule has 4 rings (SSSR count). The van der Waals surface area contributed by atoms with Crippen LogP contribution < -0.4 is 10.2 Å². The van der Waals surface area contributed by atoms with Gasteiger partial charge >= 0.3 is 5.97 Å². The van der Waals surface area contributed by atoms with Gasteiger partial charge in [-0.05, 0) is 36.8 Å². The number of carbonyl (C=O) groups is 1. The topological polar surface area (TPSA) is 56.5 Å². The maximum atomic E-state index is 13.1. The second-order valence-corrected chi connectivity index (χ2v) is 6.21. The van der Waals surface area contributed by atoms with Crippen LogP contribution in [0.5, 0.6) is 5.75 Å². The highest BCUT2D eigenvalue weighted by molar-refractivity contribution is 5.93. The van der Waals surface area contributed by atoms with E-state index in [9.17, 15) is 9.59 Å². The minimum atomic E-state index is -0.605. The van der Waals surface area contributed by atoms with E-state index in [-0.39, 0.29) is 16.9 Å². The molecule has 27 heavy (non-hydrogen) atoms. The highest BCUT2D eigenvalue weighted by atomic mass is 16.5. The number of hydrogen-bond donors (Lipinski definition) is 0. The standard InChI is InChI=1S/C23H16O4/c1-15-12-13-18-19(14-15)26-21(16-8-4-2-5-9-16)22(20(18)24)27-23(25)17-10-6-3-7-11-17/h2-14H,1H3. The molecule has 0 amide bonds. The lowest BCUT2D eigenvalue weighted by atomic mass is 10.1. The van der Waals surface area contributed by atoms with E-state index in [4.69, 9.17) is 9.15 Å². The molecule has 1 heterocycles. The first-order valence-electron chi connectivity index (χ1n) is 8.53. The first-order valence-corrected chi connectivity index (χ1v) is 8.53. The van der Waals surface area contributed by atoms with Gasteiger partial charge in [0.25, 0.3) is 0 Å². The second-order valence-electron chi connectivity index (χ2n) is 6.21. The summed E-state index contributed by atoms with van der Waals surface area (Å²) in [5, 5.41) is 0.371. The predicted molar refractivity (Wildman–Crippen MR) is 104 cm³/mol. The highest BCUT2D eigenvalue weighted by Gasteiger charge is 2.21. The number of benzene rings is 3. The van der Waals surface area contributed by atoms with Crippen molar-refractivity contribution in [3.05, 3.63) is 100 Å². The van der Waals surface area contributed by atoms with E-state index >= 15 is 0 Å². The molecule has 0 N–H and O–H groups in total. The molecule has 4 nitrogen and oxygen atoms in total. The van der Waals surface area contributed by atoms with Crippen molar-refractivity contribution in [2.45, 2.75) is 6.92 Å². The largest absolute Gasteiger partial charge is 0.452 e. The Bertz CT molecular complexity index is 1180. The van der Waals surface area contributed by atoms with Crippen LogP contribution in [0.1, 0.15) is 15.9 Å². The van der Waals surface area contributed by atoms with Crippen LogP contribution in [-0.2, 0) is 0 Å². The first kappa shape index (κ1) is 16.8. The molecule has 3 aromatic carbocycles. The molecule has 132 valence electrons. The lowest BCUT2D eigenvalue weighted by Gasteiger charge is -2.11. The lowest BCUT2D eigenvalue weighted by molar-refractivity contribution is 0.0731. The van der Waals surface area contributed by atoms with Gasteiger partial charge in [-0.3, -0.25) is 4.79 Å². The molecule has 0 fully saturated rings. The van der Waals surface area contributed by atoms with Gasteiger partial charge in [-0.2, -0.15) is 0 Å². The molecule has 4 heteroatoms. The number of carbonyl (C=O) groups excluding carboxylic acids is 1. The monoisotopic (exact) mass is 356 g/mol. The maximum absolute atomic E-state index is 13.1. The van der Waals surface area contributed by atoms with Crippen molar-refractivity contribution < 1.29 is 13.9 Å². The van der Waals surface area contributed by atoms with Gasteiger partial charge in [0, 0.05) is 5.56 Å². The van der Waals surface area contributed by atoms with E-state index in [1.165, 1.54) is 0 Å². The summed E-state index contributed by atoms with van der Waals surface area (Å²) in [4.78, 5) is 25.6. The van der Waals surface area contributed by atoms with Crippen LogP contribution in [0.3, 0.4) is 0 Å². The van der Waals surface area contributed by atoms with E-state index in [1.54, 1.807) is 54.6 Å². The summed E-state index contributed by atoms with van der Waals surface area (Å²) in [5.41, 5.74) is 2.07. The van der Waals surface area contributed by atoms with Crippen LogP contribution in [0.15, 0.2) is 88.1 Å². The first-order chi connectivity index (χ1) is 13.1. The van der Waals surface area contributed by atoms with Gasteiger partial charge in [-0.15, -0.1) is 0 Å². The normalized spacial score (nSPS) is 10.7. The molecule has 0 atom stereocenters. The molecule has 0 radical (unpaired) electrons. The lowest BCUT2D eigenvalue weighted by Crippen LogP contribution is -2.16. The summed E-state index contributed by atoms with van der Waals surface area (Å²) in [7, 11) is 0. The Kier molecular flexibility index (Phi) is 4.30. The number of ether oxygens (including phenoxy) is 1. The minimum Gasteiger partial charge on any atom is -0.452 e. The molecule has 0 saturated heterocycles. The average molecular weight is 356 g/mol. The molecule has 0 bridgehead atoms. The van der Waals surface area contributed by atoms with Crippen molar-refractivity contribution in [2.24, 2.45) is 0 Å². The Hall–Kier alpha value is -3.66. The molecule has 0 aliphatic carbocycles. The molecule has 0 aliphatic heterocycles. The molecule has 4 aromatic rings. The fourth-order valence-corrected chi connectivity index (χ4v) is 2.88. The molecular weight excluding hydrogens is 340 g/mol. The van der Waals surface area contributed by atoms with E-state index in [1.807, 2.05) is 31.2 Å². The van der Waals surface area contributed by atoms with Crippen molar-refractivity contribution in [3.63, 3.8) is 0 Å². The Morgan fingerprint density at radius 3 is 2.26 bits per heavy atom. The number of fused-ring (bicyclic) bond motifs is 1. The van der Waals surface area contributed by atoms with Gasteiger partial charge in [-0.1, -0.05) is 54.6 Å². The summed E-state index contributed by atoms with van der Waals surface area (Å²) in [6, 6.07) is 23.0. The van der Waals surface area contributed by atoms with E-state index in [0.717, 1.165) is 5.56 Å². The number of esters is 1. The molecule has 0 spiro atoms. The van der Waals surface area contributed by atoms with Crippen molar-refractivity contribution in [1.29, 1.82) is 0 Å². The zero-order valence-corrected chi connectivity index (χ0v) is 14.6. The summed E-state index contributed by atoms with van der Waals surface area (Å²) in [5.74, 6) is -0.471. The third-order valence-corrected chi connectivity index (χ3v) is 4.25. The van der Waals surface area contributed by atoms with Crippen molar-refractivity contribution >= 4 is 16.9 Å². The van der Waals surface area contributed by atoms with E-state index < -0.39 is 5.97 Å². The molecule has 1 aromatic heterocycles. The van der Waals surface area contributed by atoms with Crippen LogP contribution in [0, 0.1) is 6.92 Å². The highest BCUT2D eigenvalue weighted by Crippen LogP contribution is 2.31. The van der Waals surface area contributed by atoms with Gasteiger partial charge in [0.1, 0.15) is 5.58 Å². The van der Waals surface area contributed by atoms with Gasteiger partial charge in [-0.25, -0.2) is 4.79 Å². The molecule has 0 saturated carbocycles. The third kappa shape index (κ3) is 3.25. The Labute approximate surface area is 155 Å². The van der Waals surface area contributed by atoms with E-state index in [0.29, 0.717) is 22.1 Å². The predicted octanol–water partition coefficient (Wildman–Crippen LogP) is 4.99. The Morgan fingerprint density at radius 1 is 0.889 bits per heavy atom. The molecular formula is C23H16O4. The van der Waals surface area contributed by atoms with Crippen LogP contribution >= 0.6 is 0 Å². The van der Waals surface area contributed by atoms with Crippen molar-refractivity contribution in [3.8, 4) is 17.1 Å². The summed E-state index contributed by atoms with van der Waals surface area (Å²) in [6.07, 6.45) is 0. The summed E-state index contributed by atoms with van der Waals surface area (Å²) < 4.78 is 11.5. The quantitative estimate of drug-likeness (QED) is 0.485. The number of hydrogen-bond acceptors (Lipinski definition) is 4. The summed E-state index contributed by atoms with van der Waals surface area (Å²) in [6.45, 7) is 1.92. The number of rotatable bonds is 3. The minimum absolute atomic E-state index is 0.105. The van der Waals surface area contributed by atoms with Crippen LogP contribution in [0.2, 0.25) is 0 Å². The fourth-order valence-electron chi connectivity index (χ4n) is 2.88. The third-order valence-electron chi connectivity index (χ3n) is 4.25. The van der Waals surface area contributed by atoms with Crippen LogP contribution in [-0.4, -0.2) is 5.97 Å². The zero-order chi connectivity index (χ0) is 18.8. The van der Waals surface area contributed by atoms with Crippen molar-refractivity contribution in [2.75, 3.05) is 0 Å². The molecule has 0 aliphatic rings. The van der Waals surface area contributed by atoms with Gasteiger partial charge < -0.3 is 9.15 Å². The smallest absolute Gasteiger partial charge is 0.343 e. The Balaban J connectivity index is 1.92. The zero-order valence-electron chi connectivity index (χ0n) is 14.6. The van der Waals surface area contributed by atoms with E-state index in [2.05, 4.69) is 0 Å². The van der Waals surface area contributed by atoms with Gasteiger partial charge in [0.2, 0.25) is 11.2 Å².